The molecule has 0 radical (unpaired) electrons. The highest BCUT2D eigenvalue weighted by atomic mass is 32.2. The molecule has 1 unspecified atom stereocenters. The number of nitrogen functional groups attached to an aromatic ring is 1. The maximum Gasteiger partial charge on any atom is 0.253 e. The van der Waals surface area contributed by atoms with Crippen LogP contribution in [0, 0.1) is 5.92 Å². The van der Waals surface area contributed by atoms with Crippen LogP contribution < -0.4 is 11.1 Å². The number of nitrogens with two attached hydrogens (primary N) is 1. The minimum absolute atomic E-state index is 0.0137. The lowest BCUT2D eigenvalue weighted by Gasteiger charge is -2.16. The van der Waals surface area contributed by atoms with Gasteiger partial charge in [-0.05, 0) is 36.1 Å². The van der Waals surface area contributed by atoms with Crippen molar-refractivity contribution in [3.8, 4) is 0 Å². The van der Waals surface area contributed by atoms with Gasteiger partial charge in [-0.15, -0.1) is 0 Å². The van der Waals surface area contributed by atoms with Gasteiger partial charge in [-0.25, -0.2) is 0 Å². The van der Waals surface area contributed by atoms with Crippen LogP contribution >= 0.6 is 11.8 Å². The van der Waals surface area contributed by atoms with Crippen LogP contribution in [0.3, 0.4) is 0 Å². The van der Waals surface area contributed by atoms with E-state index in [0.717, 1.165) is 18.0 Å². The van der Waals surface area contributed by atoms with Crippen LogP contribution in [0.4, 0.5) is 11.4 Å². The molecule has 106 valence electrons. The predicted octanol–water partition coefficient (Wildman–Crippen LogP) is 2.38. The highest BCUT2D eigenvalue weighted by Gasteiger charge is 2.10. The molecule has 0 aliphatic carbocycles. The van der Waals surface area contributed by atoms with Gasteiger partial charge < -0.3 is 16.0 Å². The Balaban J connectivity index is 2.77. The molecule has 5 heteroatoms. The number of benzene rings is 1. The quantitative estimate of drug-likeness (QED) is 0.786. The molecule has 1 atom stereocenters. The summed E-state index contributed by atoms with van der Waals surface area (Å²) in [5.41, 5.74) is 8.09. The van der Waals surface area contributed by atoms with Crippen molar-refractivity contribution < 1.29 is 4.79 Å². The van der Waals surface area contributed by atoms with E-state index in [2.05, 4.69) is 18.5 Å². The standard InChI is InChI=1S/C14H23N3OS/c1-10(9-19-4)8-16-13-7-11(5-6-12(13)15)14(18)17(2)3/h5-7,10,16H,8-9,15H2,1-4H3. The summed E-state index contributed by atoms with van der Waals surface area (Å²) in [7, 11) is 3.48. The van der Waals surface area contributed by atoms with Crippen LogP contribution in [-0.2, 0) is 0 Å². The maximum atomic E-state index is 11.9. The van der Waals surface area contributed by atoms with Gasteiger partial charge in [0, 0.05) is 26.2 Å². The van der Waals surface area contributed by atoms with Crippen molar-refractivity contribution in [3.63, 3.8) is 0 Å². The van der Waals surface area contributed by atoms with E-state index >= 15 is 0 Å². The summed E-state index contributed by atoms with van der Waals surface area (Å²) in [5, 5.41) is 3.32. The van der Waals surface area contributed by atoms with Crippen molar-refractivity contribution in [1.29, 1.82) is 0 Å². The second-order valence-corrected chi connectivity index (χ2v) is 5.85. The van der Waals surface area contributed by atoms with Crippen LogP contribution in [0.1, 0.15) is 17.3 Å². The number of rotatable bonds is 6. The van der Waals surface area contributed by atoms with Gasteiger partial charge in [-0.3, -0.25) is 4.79 Å². The van der Waals surface area contributed by atoms with Gasteiger partial charge in [0.2, 0.25) is 0 Å². The molecule has 4 nitrogen and oxygen atoms in total. The van der Waals surface area contributed by atoms with Crippen LogP contribution in [0.15, 0.2) is 18.2 Å². The summed E-state index contributed by atoms with van der Waals surface area (Å²) >= 11 is 1.83. The molecule has 0 aliphatic heterocycles. The van der Waals surface area contributed by atoms with Gasteiger partial charge in [0.15, 0.2) is 0 Å². The summed E-state index contributed by atoms with van der Waals surface area (Å²) < 4.78 is 0. The number of carbonyl (C=O) groups is 1. The Labute approximate surface area is 119 Å². The van der Waals surface area contributed by atoms with Gasteiger partial charge in [0.05, 0.1) is 11.4 Å². The number of nitrogens with zero attached hydrogens (tertiary/aromatic N) is 1. The maximum absolute atomic E-state index is 11.9. The Morgan fingerprint density at radius 1 is 1.47 bits per heavy atom. The fourth-order valence-corrected chi connectivity index (χ4v) is 2.42. The molecule has 0 saturated carbocycles. The smallest absolute Gasteiger partial charge is 0.253 e. The van der Waals surface area contributed by atoms with E-state index in [-0.39, 0.29) is 5.91 Å². The van der Waals surface area contributed by atoms with Crippen molar-refractivity contribution in [1.82, 2.24) is 4.90 Å². The van der Waals surface area contributed by atoms with E-state index in [1.807, 2.05) is 17.8 Å². The Hall–Kier alpha value is -1.36. The van der Waals surface area contributed by atoms with Crippen LogP contribution in [0.5, 0.6) is 0 Å². The molecule has 0 bridgehead atoms. The SMILES string of the molecule is CSCC(C)CNc1cc(C(=O)N(C)C)ccc1N. The Morgan fingerprint density at radius 3 is 2.74 bits per heavy atom. The normalized spacial score (nSPS) is 12.0. The molecular weight excluding hydrogens is 258 g/mol. The Bertz CT molecular complexity index is 435. The molecule has 0 heterocycles. The topological polar surface area (TPSA) is 58.4 Å². The molecule has 1 aromatic rings. The lowest BCUT2D eigenvalue weighted by atomic mass is 10.1. The van der Waals surface area contributed by atoms with Crippen LogP contribution in [-0.4, -0.2) is 43.5 Å². The van der Waals surface area contributed by atoms with Gasteiger partial charge in [0.25, 0.3) is 5.91 Å². The van der Waals surface area contributed by atoms with Crippen molar-refractivity contribution in [2.45, 2.75) is 6.92 Å². The van der Waals surface area contributed by atoms with Crippen molar-refractivity contribution in [3.05, 3.63) is 23.8 Å². The van der Waals surface area contributed by atoms with Crippen molar-refractivity contribution >= 4 is 29.0 Å². The lowest BCUT2D eigenvalue weighted by molar-refractivity contribution is 0.0827. The number of nitrogens with one attached hydrogen (secondary N) is 1. The predicted molar refractivity (Wildman–Crippen MR) is 84.9 cm³/mol. The number of carbonyl (C=O) groups excluding carboxylic acids is 1. The molecule has 0 saturated heterocycles. The minimum Gasteiger partial charge on any atom is -0.397 e. The van der Waals surface area contributed by atoms with Gasteiger partial charge in [-0.1, -0.05) is 6.92 Å². The van der Waals surface area contributed by atoms with E-state index in [0.29, 0.717) is 17.2 Å². The first-order valence-electron chi connectivity index (χ1n) is 6.29. The molecule has 0 aliphatic rings. The number of thioether (sulfide) groups is 1. The minimum atomic E-state index is -0.0137. The fraction of sp³-hybridized carbons (Fsp3) is 0.500. The van der Waals surface area contributed by atoms with Gasteiger partial charge in [0.1, 0.15) is 0 Å². The molecule has 19 heavy (non-hydrogen) atoms. The zero-order chi connectivity index (χ0) is 14.4. The number of hydrogen-bond acceptors (Lipinski definition) is 4. The molecule has 1 rings (SSSR count). The summed E-state index contributed by atoms with van der Waals surface area (Å²) in [6.07, 6.45) is 2.10. The molecular formula is C14H23N3OS. The summed E-state index contributed by atoms with van der Waals surface area (Å²) in [6.45, 7) is 3.04. The van der Waals surface area contributed by atoms with Crippen molar-refractivity contribution in [2.75, 3.05) is 43.7 Å². The number of anilines is 2. The second kappa shape index (κ2) is 7.28. The molecule has 0 fully saturated rings. The average molecular weight is 281 g/mol. The van der Waals surface area contributed by atoms with Crippen LogP contribution in [0.2, 0.25) is 0 Å². The largest absolute Gasteiger partial charge is 0.397 e. The molecule has 0 spiro atoms. The van der Waals surface area contributed by atoms with Crippen molar-refractivity contribution in [2.24, 2.45) is 5.92 Å². The van der Waals surface area contributed by atoms with Crippen LogP contribution in [0.25, 0.3) is 0 Å². The van der Waals surface area contributed by atoms with E-state index in [4.69, 9.17) is 5.73 Å². The zero-order valence-electron chi connectivity index (χ0n) is 12.1. The van der Waals surface area contributed by atoms with E-state index in [1.165, 1.54) is 0 Å². The molecule has 0 aromatic heterocycles. The highest BCUT2D eigenvalue weighted by molar-refractivity contribution is 7.98. The van der Waals surface area contributed by atoms with E-state index in [9.17, 15) is 4.79 Å². The van der Waals surface area contributed by atoms with Gasteiger partial charge in [-0.2, -0.15) is 11.8 Å². The first kappa shape index (κ1) is 15.7. The second-order valence-electron chi connectivity index (χ2n) is 4.94. The number of amides is 1. The zero-order valence-corrected chi connectivity index (χ0v) is 12.9. The Morgan fingerprint density at radius 2 is 2.16 bits per heavy atom. The molecule has 3 N–H and O–H groups in total. The molecule has 1 aromatic carbocycles. The average Bonchev–Trinajstić information content (AvgIpc) is 2.37. The third-order valence-corrected chi connectivity index (χ3v) is 3.70. The third kappa shape index (κ3) is 4.67. The fourth-order valence-electron chi connectivity index (χ4n) is 1.73. The third-order valence-electron chi connectivity index (χ3n) is 2.80. The summed E-state index contributed by atoms with van der Waals surface area (Å²) in [6, 6.07) is 5.36. The van der Waals surface area contributed by atoms with Gasteiger partial charge >= 0.3 is 0 Å². The van der Waals surface area contributed by atoms with E-state index < -0.39 is 0 Å². The highest BCUT2D eigenvalue weighted by Crippen LogP contribution is 2.21. The first-order chi connectivity index (χ1) is 8.95. The monoisotopic (exact) mass is 281 g/mol. The van der Waals surface area contributed by atoms with E-state index in [1.54, 1.807) is 31.1 Å². The number of hydrogen-bond donors (Lipinski definition) is 2. The Kier molecular flexibility index (Phi) is 6.02. The molecule has 1 amide bonds. The summed E-state index contributed by atoms with van der Waals surface area (Å²) in [5.74, 6) is 1.64. The lowest BCUT2D eigenvalue weighted by Crippen LogP contribution is -2.22. The first-order valence-corrected chi connectivity index (χ1v) is 7.69. The summed E-state index contributed by atoms with van der Waals surface area (Å²) in [4.78, 5) is 13.5.